The molecule has 1 fully saturated rings. The molecule has 2 N–H and O–H groups in total. The standard InChI is InChI=1S/C25H35N5O3/c1-4-14-30-15-12-25(17-26,13-16-30)29-23(31)20(10-7-8-18(2)3)27-22-19-9-5-6-11-21(19)33-24(32)28-22/h5-6,9,11,18,20H,4,7-8,10,12-16H2,1-3H3,(H,29,31)(H,27,28,32)/t20-/m0/s1. The number of nitriles is 1. The molecule has 1 atom stereocenters. The summed E-state index contributed by atoms with van der Waals surface area (Å²) in [7, 11) is 0. The molecular weight excluding hydrogens is 418 g/mol. The summed E-state index contributed by atoms with van der Waals surface area (Å²) in [6.45, 7) is 9.02. The molecule has 178 valence electrons. The van der Waals surface area contributed by atoms with Crippen LogP contribution in [0.25, 0.3) is 11.0 Å². The SMILES string of the molecule is CCCN1CCC(C#N)(NC(=O)[C@H](CCCC(C)C)Nc2nc(=O)oc3ccccc23)CC1. The van der Waals surface area contributed by atoms with Crippen molar-refractivity contribution < 1.29 is 9.21 Å². The van der Waals surface area contributed by atoms with Crippen molar-refractivity contribution in [2.24, 2.45) is 5.92 Å². The van der Waals surface area contributed by atoms with Gasteiger partial charge in [0.05, 0.1) is 11.5 Å². The number of aromatic nitrogens is 1. The van der Waals surface area contributed by atoms with Crippen molar-refractivity contribution >= 4 is 22.7 Å². The van der Waals surface area contributed by atoms with Crippen LogP contribution in [-0.4, -0.2) is 47.0 Å². The van der Waals surface area contributed by atoms with Gasteiger partial charge in [-0.2, -0.15) is 10.2 Å². The summed E-state index contributed by atoms with van der Waals surface area (Å²) in [6.07, 6.45) is 4.66. The van der Waals surface area contributed by atoms with E-state index in [1.807, 2.05) is 6.07 Å². The van der Waals surface area contributed by atoms with Gasteiger partial charge in [-0.05, 0) is 50.3 Å². The highest BCUT2D eigenvalue weighted by molar-refractivity contribution is 5.91. The number of carbonyl (C=O) groups excluding carboxylic acids is 1. The number of hydrogen-bond acceptors (Lipinski definition) is 7. The first kappa shape index (κ1) is 24.7. The maximum atomic E-state index is 13.4. The van der Waals surface area contributed by atoms with E-state index >= 15 is 0 Å². The normalized spacial score (nSPS) is 16.9. The van der Waals surface area contributed by atoms with Crippen LogP contribution < -0.4 is 16.4 Å². The number of hydrogen-bond donors (Lipinski definition) is 2. The molecule has 0 unspecified atom stereocenters. The molecule has 1 amide bonds. The maximum absolute atomic E-state index is 13.4. The number of carbonyl (C=O) groups is 1. The van der Waals surface area contributed by atoms with Crippen molar-refractivity contribution in [1.29, 1.82) is 5.26 Å². The van der Waals surface area contributed by atoms with E-state index in [-0.39, 0.29) is 5.91 Å². The molecule has 1 aromatic carbocycles. The van der Waals surface area contributed by atoms with E-state index < -0.39 is 17.3 Å². The van der Waals surface area contributed by atoms with Crippen molar-refractivity contribution in [2.75, 3.05) is 25.0 Å². The molecule has 8 nitrogen and oxygen atoms in total. The lowest BCUT2D eigenvalue weighted by Gasteiger charge is -2.38. The fourth-order valence-corrected chi connectivity index (χ4v) is 4.36. The minimum atomic E-state index is -0.871. The number of piperidine rings is 1. The molecule has 1 aliphatic rings. The van der Waals surface area contributed by atoms with E-state index in [9.17, 15) is 14.9 Å². The van der Waals surface area contributed by atoms with Gasteiger partial charge >= 0.3 is 5.76 Å². The molecule has 0 radical (unpaired) electrons. The fraction of sp³-hybridized carbons (Fsp3) is 0.600. The largest absolute Gasteiger partial charge is 0.441 e. The van der Waals surface area contributed by atoms with Crippen LogP contribution in [0, 0.1) is 17.2 Å². The van der Waals surface area contributed by atoms with Gasteiger partial charge < -0.3 is 20.0 Å². The molecule has 2 aromatic rings. The summed E-state index contributed by atoms with van der Waals surface area (Å²) < 4.78 is 5.19. The van der Waals surface area contributed by atoms with Gasteiger partial charge in [0.1, 0.15) is 23.0 Å². The van der Waals surface area contributed by atoms with Crippen LogP contribution in [0.4, 0.5) is 5.82 Å². The Morgan fingerprint density at radius 1 is 1.27 bits per heavy atom. The minimum Gasteiger partial charge on any atom is -0.408 e. The molecule has 2 heterocycles. The molecule has 0 spiro atoms. The zero-order valence-electron chi connectivity index (χ0n) is 19.9. The highest BCUT2D eigenvalue weighted by atomic mass is 16.4. The Morgan fingerprint density at radius 3 is 2.67 bits per heavy atom. The van der Waals surface area contributed by atoms with Crippen molar-refractivity contribution in [3.63, 3.8) is 0 Å². The molecule has 0 aliphatic carbocycles. The van der Waals surface area contributed by atoms with Crippen LogP contribution in [-0.2, 0) is 4.79 Å². The number of rotatable bonds is 10. The van der Waals surface area contributed by atoms with Crippen molar-refractivity contribution in [3.05, 3.63) is 34.8 Å². The van der Waals surface area contributed by atoms with E-state index in [1.165, 1.54) is 0 Å². The molecule has 0 bridgehead atoms. The van der Waals surface area contributed by atoms with Crippen LogP contribution in [0.1, 0.15) is 59.3 Å². The van der Waals surface area contributed by atoms with Crippen LogP contribution in [0.15, 0.2) is 33.5 Å². The Bertz CT molecular complexity index is 1030. The topological polar surface area (TPSA) is 111 Å². The molecule has 33 heavy (non-hydrogen) atoms. The molecule has 1 aliphatic heterocycles. The second-order valence-electron chi connectivity index (χ2n) is 9.37. The zero-order valence-corrected chi connectivity index (χ0v) is 19.9. The van der Waals surface area contributed by atoms with Crippen LogP contribution in [0.2, 0.25) is 0 Å². The number of anilines is 1. The Kier molecular flexibility index (Phi) is 8.45. The molecular formula is C25H35N5O3. The predicted molar refractivity (Wildman–Crippen MR) is 129 cm³/mol. The first-order chi connectivity index (χ1) is 15.9. The highest BCUT2D eigenvalue weighted by Crippen LogP contribution is 2.24. The second kappa shape index (κ2) is 11.3. The quantitative estimate of drug-likeness (QED) is 0.564. The Hall–Kier alpha value is -2.92. The van der Waals surface area contributed by atoms with Gasteiger partial charge in [0.25, 0.3) is 0 Å². The van der Waals surface area contributed by atoms with Gasteiger partial charge in [-0.25, -0.2) is 4.79 Å². The molecule has 3 rings (SSSR count). The minimum absolute atomic E-state index is 0.233. The summed E-state index contributed by atoms with van der Waals surface area (Å²) in [6, 6.07) is 8.88. The van der Waals surface area contributed by atoms with Gasteiger partial charge in [-0.1, -0.05) is 45.7 Å². The lowest BCUT2D eigenvalue weighted by Crippen LogP contribution is -2.57. The fourth-order valence-electron chi connectivity index (χ4n) is 4.36. The van der Waals surface area contributed by atoms with E-state index in [4.69, 9.17) is 4.42 Å². The summed E-state index contributed by atoms with van der Waals surface area (Å²) >= 11 is 0. The first-order valence-electron chi connectivity index (χ1n) is 12.0. The monoisotopic (exact) mass is 453 g/mol. The van der Waals surface area contributed by atoms with E-state index in [1.54, 1.807) is 18.2 Å². The number of nitrogens with one attached hydrogen (secondary N) is 2. The number of benzene rings is 1. The molecule has 8 heteroatoms. The van der Waals surface area contributed by atoms with Crippen molar-refractivity contribution in [1.82, 2.24) is 15.2 Å². The van der Waals surface area contributed by atoms with E-state index in [0.29, 0.717) is 42.0 Å². The maximum Gasteiger partial charge on any atom is 0.441 e. The molecule has 1 saturated heterocycles. The highest BCUT2D eigenvalue weighted by Gasteiger charge is 2.37. The Labute approximate surface area is 195 Å². The molecule has 0 saturated carbocycles. The van der Waals surface area contributed by atoms with Gasteiger partial charge in [-0.15, -0.1) is 0 Å². The third-order valence-corrected chi connectivity index (χ3v) is 6.27. The Morgan fingerprint density at radius 2 is 2.00 bits per heavy atom. The van der Waals surface area contributed by atoms with E-state index in [2.05, 4.69) is 47.4 Å². The number of nitrogens with zero attached hydrogens (tertiary/aromatic N) is 3. The summed E-state index contributed by atoms with van der Waals surface area (Å²) in [4.78, 5) is 31.7. The van der Waals surface area contributed by atoms with Gasteiger partial charge in [0.2, 0.25) is 5.91 Å². The van der Waals surface area contributed by atoms with E-state index in [0.717, 1.165) is 38.9 Å². The van der Waals surface area contributed by atoms with Crippen molar-refractivity contribution in [2.45, 2.75) is 70.9 Å². The van der Waals surface area contributed by atoms with Crippen LogP contribution in [0.3, 0.4) is 0 Å². The Balaban J connectivity index is 1.80. The smallest absolute Gasteiger partial charge is 0.408 e. The average Bonchev–Trinajstić information content (AvgIpc) is 2.79. The first-order valence-corrected chi connectivity index (χ1v) is 12.0. The predicted octanol–water partition coefficient (Wildman–Crippen LogP) is 3.68. The lowest BCUT2D eigenvalue weighted by molar-refractivity contribution is -0.123. The number of amides is 1. The van der Waals surface area contributed by atoms with Crippen molar-refractivity contribution in [3.8, 4) is 6.07 Å². The van der Waals surface area contributed by atoms with Gasteiger partial charge in [0, 0.05) is 13.1 Å². The van der Waals surface area contributed by atoms with Crippen LogP contribution >= 0.6 is 0 Å². The summed E-state index contributed by atoms with van der Waals surface area (Å²) in [5.41, 5.74) is -0.456. The van der Waals surface area contributed by atoms with Gasteiger partial charge in [0.15, 0.2) is 0 Å². The summed E-state index contributed by atoms with van der Waals surface area (Å²) in [5.74, 6) is -0.0993. The van der Waals surface area contributed by atoms with Crippen LogP contribution in [0.5, 0.6) is 0 Å². The van der Waals surface area contributed by atoms with Gasteiger partial charge in [-0.3, -0.25) is 4.79 Å². The number of likely N-dealkylation sites (tertiary alicyclic amines) is 1. The second-order valence-corrected chi connectivity index (χ2v) is 9.37. The zero-order chi connectivity index (χ0) is 23.8. The number of fused-ring (bicyclic) bond motifs is 1. The molecule has 1 aromatic heterocycles. The third-order valence-electron chi connectivity index (χ3n) is 6.27. The third kappa shape index (κ3) is 6.55. The number of para-hydroxylation sites is 1. The average molecular weight is 454 g/mol. The summed E-state index contributed by atoms with van der Waals surface area (Å²) in [5, 5.41) is 16.8. The lowest BCUT2D eigenvalue weighted by atomic mass is 9.88.